The Hall–Kier alpha value is -3.39. The summed E-state index contributed by atoms with van der Waals surface area (Å²) in [6, 6.07) is 21.2. The van der Waals surface area contributed by atoms with Crippen LogP contribution < -0.4 is 10.1 Å². The van der Waals surface area contributed by atoms with E-state index in [1.807, 2.05) is 36.4 Å². The van der Waals surface area contributed by atoms with Crippen molar-refractivity contribution in [2.24, 2.45) is 0 Å². The van der Waals surface area contributed by atoms with E-state index < -0.39 is 9.84 Å². The van der Waals surface area contributed by atoms with E-state index in [0.717, 1.165) is 33.2 Å². The Morgan fingerprint density at radius 3 is 2.73 bits per heavy atom. The van der Waals surface area contributed by atoms with Crippen molar-refractivity contribution >= 4 is 59.6 Å². The topological polar surface area (TPSA) is 94.3 Å². The van der Waals surface area contributed by atoms with Crippen molar-refractivity contribution < 1.29 is 22.0 Å². The molecule has 2 heterocycles. The van der Waals surface area contributed by atoms with Crippen molar-refractivity contribution in [3.05, 3.63) is 101 Å². The van der Waals surface area contributed by atoms with Crippen LogP contribution in [0.2, 0.25) is 10.2 Å². The van der Waals surface area contributed by atoms with Crippen LogP contribution in [0, 0.1) is 5.82 Å². The van der Waals surface area contributed by atoms with Gasteiger partial charge in [0.05, 0.1) is 0 Å². The molecule has 0 amide bonds. The van der Waals surface area contributed by atoms with E-state index in [-0.39, 0.29) is 33.9 Å². The van der Waals surface area contributed by atoms with Crippen LogP contribution in [-0.4, -0.2) is 46.1 Å². The van der Waals surface area contributed by atoms with Gasteiger partial charge in [-0.25, -0.2) is 4.39 Å². The van der Waals surface area contributed by atoms with Crippen LogP contribution in [0.15, 0.2) is 83.5 Å². The molecule has 0 aliphatic rings. The van der Waals surface area contributed by atoms with Gasteiger partial charge >= 0.3 is 176 Å². The fraction of sp³-hybridized carbons (Fsp3) is 0.172. The molecule has 0 spiro atoms. The number of benzene rings is 3. The van der Waals surface area contributed by atoms with Gasteiger partial charge in [0, 0.05) is 0 Å². The van der Waals surface area contributed by atoms with Crippen molar-refractivity contribution in [2.45, 2.75) is 17.0 Å². The summed E-state index contributed by atoms with van der Waals surface area (Å²) < 4.78 is 48.0. The fourth-order valence-electron chi connectivity index (χ4n) is 3.97. The molecule has 5 rings (SSSR count). The van der Waals surface area contributed by atoms with Crippen molar-refractivity contribution in [2.75, 3.05) is 17.3 Å². The third-order valence-electron chi connectivity index (χ3n) is 5.95. The van der Waals surface area contributed by atoms with Crippen LogP contribution in [0.4, 0.5) is 15.9 Å². The summed E-state index contributed by atoms with van der Waals surface area (Å²) in [6.45, 7) is 0.195. The number of halogens is 2. The molecule has 205 valence electrons. The van der Waals surface area contributed by atoms with Crippen LogP contribution >= 0.6 is 11.6 Å². The number of rotatable bonds is 11. The van der Waals surface area contributed by atoms with Crippen molar-refractivity contribution in [1.29, 1.82) is 0 Å². The summed E-state index contributed by atoms with van der Waals surface area (Å²) in [5.74, 6) is 2.56. The maximum atomic E-state index is 13.4. The first kappa shape index (κ1) is 28.1. The van der Waals surface area contributed by atoms with E-state index in [1.165, 1.54) is 24.7 Å². The number of fused-ring (bicyclic) bond motifs is 1. The van der Waals surface area contributed by atoms with E-state index in [4.69, 9.17) is 20.8 Å². The molecule has 0 aliphatic carbocycles. The molecular formula is C29H25AsClFN3O4S. The van der Waals surface area contributed by atoms with E-state index in [9.17, 15) is 12.8 Å². The first-order valence-electron chi connectivity index (χ1n) is 12.3. The zero-order valence-electron chi connectivity index (χ0n) is 21.5. The molecule has 0 aliphatic heterocycles. The summed E-state index contributed by atoms with van der Waals surface area (Å²) in [7, 11) is -2.93. The molecule has 40 heavy (non-hydrogen) atoms. The first-order chi connectivity index (χ1) is 19.2. The maximum absolute atomic E-state index is 13.4. The van der Waals surface area contributed by atoms with Gasteiger partial charge in [0.25, 0.3) is 0 Å². The Morgan fingerprint density at radius 1 is 1.05 bits per heavy atom. The molecule has 0 saturated heterocycles. The second kappa shape index (κ2) is 12.4. The predicted molar refractivity (Wildman–Crippen MR) is 157 cm³/mol. The number of anilines is 2. The molecule has 1 radical (unpaired) electrons. The summed E-state index contributed by atoms with van der Waals surface area (Å²) in [4.78, 5) is 8.82. The molecule has 3 aromatic carbocycles. The summed E-state index contributed by atoms with van der Waals surface area (Å²) >= 11 is 6.33. The van der Waals surface area contributed by atoms with Crippen LogP contribution in [-0.2, 0) is 21.7 Å². The van der Waals surface area contributed by atoms with Crippen LogP contribution in [0.25, 0.3) is 22.2 Å². The molecule has 0 fully saturated rings. The van der Waals surface area contributed by atoms with E-state index in [0.29, 0.717) is 33.0 Å². The Kier molecular flexibility index (Phi) is 8.74. The minimum absolute atomic E-state index is 0.146. The Balaban J connectivity index is 1.29. The quantitative estimate of drug-likeness (QED) is 0.127. The number of furan rings is 1. The van der Waals surface area contributed by atoms with Crippen molar-refractivity contribution in [1.82, 2.24) is 9.97 Å². The first-order valence-corrected chi connectivity index (χ1v) is 17.4. The normalized spacial score (nSPS) is 11.9. The van der Waals surface area contributed by atoms with Crippen molar-refractivity contribution in [3.8, 4) is 17.1 Å². The summed E-state index contributed by atoms with van der Waals surface area (Å²) in [6.07, 6.45) is 2.76. The zero-order valence-corrected chi connectivity index (χ0v) is 24.9. The van der Waals surface area contributed by atoms with Crippen LogP contribution in [0.3, 0.4) is 0 Å². The average Bonchev–Trinajstić information content (AvgIpc) is 3.39. The molecule has 0 saturated carbocycles. The monoisotopic (exact) mass is 640 g/mol. The Bertz CT molecular complexity index is 1760. The van der Waals surface area contributed by atoms with Crippen LogP contribution in [0.5, 0.6) is 5.75 Å². The predicted octanol–water partition coefficient (Wildman–Crippen LogP) is 6.67. The standard InChI is InChI=1S/C29H25AsClFN3O4S/c1-40(36,37)12-11-30-16-23-7-10-27(39-23)20-5-8-26-24(14-20)29(34-18-33-26)35-22-6-9-28(25(31)15-22)38-17-19-3-2-4-21(32)13-19/h2-10,13-15,18H,11-12,16-17H2,1H3,(H,33,34,35). The second-order valence-corrected chi connectivity index (χ2v) is 14.4. The number of nitrogens with one attached hydrogen (secondary N) is 1. The average molecular weight is 641 g/mol. The molecule has 11 heteroatoms. The van der Waals surface area contributed by atoms with Gasteiger partial charge in [-0.2, -0.15) is 0 Å². The third-order valence-corrected chi connectivity index (χ3v) is 10.1. The van der Waals surface area contributed by atoms with Gasteiger partial charge in [-0.15, -0.1) is 0 Å². The van der Waals surface area contributed by atoms with Gasteiger partial charge < -0.3 is 4.74 Å². The third kappa shape index (κ3) is 7.41. The molecular weight excluding hydrogens is 616 g/mol. The minimum atomic E-state index is -2.93. The van der Waals surface area contributed by atoms with Gasteiger partial charge in [0.2, 0.25) is 0 Å². The summed E-state index contributed by atoms with van der Waals surface area (Å²) in [5.41, 5.74) is 3.06. The van der Waals surface area contributed by atoms with E-state index in [1.54, 1.807) is 24.3 Å². The number of hydrogen-bond donors (Lipinski definition) is 1. The molecule has 0 bridgehead atoms. The van der Waals surface area contributed by atoms with Crippen LogP contribution in [0.1, 0.15) is 11.3 Å². The number of hydrogen-bond acceptors (Lipinski definition) is 7. The van der Waals surface area contributed by atoms with Gasteiger partial charge in [-0.3, -0.25) is 0 Å². The van der Waals surface area contributed by atoms with Crippen molar-refractivity contribution in [3.63, 3.8) is 0 Å². The summed E-state index contributed by atoms with van der Waals surface area (Å²) in [5, 5.41) is 5.97. The second-order valence-electron chi connectivity index (χ2n) is 9.14. The number of sulfone groups is 1. The molecule has 2 aromatic heterocycles. The molecule has 0 atom stereocenters. The fourth-order valence-corrected chi connectivity index (χ4v) is 8.71. The number of ether oxygens (including phenoxy) is 1. The van der Waals surface area contributed by atoms with Gasteiger partial charge in [-0.1, -0.05) is 23.7 Å². The van der Waals surface area contributed by atoms with Gasteiger partial charge in [0.15, 0.2) is 0 Å². The molecule has 1 N–H and O–H groups in total. The van der Waals surface area contributed by atoms with Gasteiger partial charge in [0.1, 0.15) is 18.2 Å². The Labute approximate surface area is 243 Å². The molecule has 0 unspecified atom stereocenters. The number of aromatic nitrogens is 2. The van der Waals surface area contributed by atoms with E-state index >= 15 is 0 Å². The zero-order chi connectivity index (χ0) is 28.1. The number of nitrogens with zero attached hydrogens (tertiary/aromatic N) is 2. The Morgan fingerprint density at radius 2 is 1.93 bits per heavy atom. The van der Waals surface area contributed by atoms with E-state index in [2.05, 4.69) is 15.3 Å². The SMILES string of the molecule is CS(=O)(=O)CC[As]Cc1ccc(-c2ccc3ncnc(Nc4ccc(OCc5cccc(F)c5)c(Cl)c4)c3c2)o1. The molecule has 7 nitrogen and oxygen atoms in total. The molecule has 5 aromatic rings. The van der Waals surface area contributed by atoms with Gasteiger partial charge in [-0.05, 0) is 17.7 Å².